The monoisotopic (exact) mass is 266 g/mol. The average molecular weight is 266 g/mol. The number of benzene rings is 1. The lowest BCUT2D eigenvalue weighted by molar-refractivity contribution is 0.128. The Morgan fingerprint density at radius 2 is 1.84 bits per heavy atom. The number of likely N-dealkylation sites (N-methyl/N-ethyl adjacent to an activating group) is 1. The van der Waals surface area contributed by atoms with Crippen LogP contribution < -0.4 is 10.5 Å². The highest BCUT2D eigenvalue weighted by molar-refractivity contribution is 5.30. The molecule has 0 radical (unpaired) electrons. The Hall–Kier alpha value is -1.10. The second kappa shape index (κ2) is 8.15. The Morgan fingerprint density at radius 1 is 1.21 bits per heavy atom. The summed E-state index contributed by atoms with van der Waals surface area (Å²) in [6.07, 6.45) is 0.939. The van der Waals surface area contributed by atoms with E-state index in [4.69, 9.17) is 15.2 Å². The lowest BCUT2D eigenvalue weighted by Gasteiger charge is -2.32. The van der Waals surface area contributed by atoms with Gasteiger partial charge in [0.25, 0.3) is 0 Å². The Balaban J connectivity index is 2.88. The van der Waals surface area contributed by atoms with E-state index in [9.17, 15) is 0 Å². The Bertz CT molecular complexity index is 354. The second-order valence-electron chi connectivity index (χ2n) is 4.76. The van der Waals surface area contributed by atoms with Crippen LogP contribution >= 0.6 is 0 Å². The summed E-state index contributed by atoms with van der Waals surface area (Å²) in [6.45, 7) is 3.69. The van der Waals surface area contributed by atoms with Gasteiger partial charge in [-0.3, -0.25) is 4.90 Å². The molecule has 0 aromatic heterocycles. The minimum Gasteiger partial charge on any atom is -0.497 e. The van der Waals surface area contributed by atoms with Crippen LogP contribution in [0, 0.1) is 0 Å². The zero-order valence-corrected chi connectivity index (χ0v) is 12.4. The molecule has 19 heavy (non-hydrogen) atoms. The van der Waals surface area contributed by atoms with Crippen molar-refractivity contribution < 1.29 is 9.47 Å². The van der Waals surface area contributed by atoms with Crippen molar-refractivity contribution in [3.05, 3.63) is 29.8 Å². The predicted molar refractivity (Wildman–Crippen MR) is 78.5 cm³/mol. The van der Waals surface area contributed by atoms with E-state index in [2.05, 4.69) is 31.0 Å². The molecule has 0 aliphatic heterocycles. The highest BCUT2D eigenvalue weighted by Crippen LogP contribution is 2.25. The second-order valence-corrected chi connectivity index (χ2v) is 4.76. The third-order valence-corrected chi connectivity index (χ3v) is 3.46. The molecule has 0 spiro atoms. The minimum atomic E-state index is 0.107. The summed E-state index contributed by atoms with van der Waals surface area (Å²) in [5, 5.41) is 0. The van der Waals surface area contributed by atoms with E-state index in [0.717, 1.165) is 18.7 Å². The molecule has 0 bridgehead atoms. The van der Waals surface area contributed by atoms with Crippen LogP contribution in [0.25, 0.3) is 0 Å². The molecule has 4 heteroatoms. The molecule has 2 unspecified atom stereocenters. The maximum Gasteiger partial charge on any atom is 0.118 e. The lowest BCUT2D eigenvalue weighted by Crippen LogP contribution is -2.40. The van der Waals surface area contributed by atoms with Crippen LogP contribution in [0.15, 0.2) is 24.3 Å². The maximum absolute atomic E-state index is 6.28. The van der Waals surface area contributed by atoms with Crippen LogP contribution in [0.1, 0.15) is 24.9 Å². The first kappa shape index (κ1) is 16.0. The van der Waals surface area contributed by atoms with Crippen molar-refractivity contribution >= 4 is 0 Å². The summed E-state index contributed by atoms with van der Waals surface area (Å²) in [4.78, 5) is 2.25. The molecule has 108 valence electrons. The molecule has 2 N–H and O–H groups in total. The van der Waals surface area contributed by atoms with Gasteiger partial charge in [-0.1, -0.05) is 19.1 Å². The standard InChI is InChI=1S/C15H26N2O2/c1-5-14(16)15(17(2)10-11-18-3)12-6-8-13(19-4)9-7-12/h6-9,14-15H,5,10-11,16H2,1-4H3. The highest BCUT2D eigenvalue weighted by Gasteiger charge is 2.22. The first-order chi connectivity index (χ1) is 9.13. The van der Waals surface area contributed by atoms with Crippen molar-refractivity contribution in [3.8, 4) is 5.75 Å². The fourth-order valence-corrected chi connectivity index (χ4v) is 2.23. The van der Waals surface area contributed by atoms with Gasteiger partial charge in [0.05, 0.1) is 13.7 Å². The fraction of sp³-hybridized carbons (Fsp3) is 0.600. The normalized spacial score (nSPS) is 14.4. The molecule has 0 heterocycles. The number of ether oxygens (including phenoxy) is 2. The van der Waals surface area contributed by atoms with E-state index in [1.807, 2.05) is 12.1 Å². The predicted octanol–water partition coefficient (Wildman–Crippen LogP) is 2.05. The van der Waals surface area contributed by atoms with Crippen molar-refractivity contribution in [3.63, 3.8) is 0 Å². The zero-order valence-electron chi connectivity index (χ0n) is 12.4. The van der Waals surface area contributed by atoms with Crippen molar-refractivity contribution in [1.82, 2.24) is 4.90 Å². The first-order valence-electron chi connectivity index (χ1n) is 6.72. The number of methoxy groups -OCH3 is 2. The molecule has 0 saturated carbocycles. The van der Waals surface area contributed by atoms with Gasteiger partial charge in [0.1, 0.15) is 5.75 Å². The van der Waals surface area contributed by atoms with E-state index in [-0.39, 0.29) is 12.1 Å². The minimum absolute atomic E-state index is 0.107. The fourth-order valence-electron chi connectivity index (χ4n) is 2.23. The summed E-state index contributed by atoms with van der Waals surface area (Å²) in [6, 6.07) is 8.44. The number of rotatable bonds is 8. The van der Waals surface area contributed by atoms with Crippen LogP contribution in [0.4, 0.5) is 0 Å². The maximum atomic E-state index is 6.28. The van der Waals surface area contributed by atoms with Crippen LogP contribution in [-0.2, 0) is 4.74 Å². The molecule has 0 amide bonds. The first-order valence-corrected chi connectivity index (χ1v) is 6.72. The van der Waals surface area contributed by atoms with Crippen LogP contribution in [0.2, 0.25) is 0 Å². The molecule has 0 aliphatic carbocycles. The number of hydrogen-bond donors (Lipinski definition) is 1. The molecule has 2 atom stereocenters. The van der Waals surface area contributed by atoms with Gasteiger partial charge in [0.15, 0.2) is 0 Å². The SMILES string of the molecule is CCC(N)C(c1ccc(OC)cc1)N(C)CCOC. The van der Waals surface area contributed by atoms with E-state index >= 15 is 0 Å². The zero-order chi connectivity index (χ0) is 14.3. The molecule has 1 rings (SSSR count). The molecular weight excluding hydrogens is 240 g/mol. The topological polar surface area (TPSA) is 47.7 Å². The Kier molecular flexibility index (Phi) is 6.84. The Morgan fingerprint density at radius 3 is 2.32 bits per heavy atom. The summed E-state index contributed by atoms with van der Waals surface area (Å²) < 4.78 is 10.3. The van der Waals surface area contributed by atoms with Gasteiger partial charge in [0.2, 0.25) is 0 Å². The van der Waals surface area contributed by atoms with Gasteiger partial charge in [-0.15, -0.1) is 0 Å². The van der Waals surface area contributed by atoms with Crippen molar-refractivity contribution in [2.24, 2.45) is 5.73 Å². The van der Waals surface area contributed by atoms with Crippen LogP contribution in [0.3, 0.4) is 0 Å². The van der Waals surface area contributed by atoms with E-state index < -0.39 is 0 Å². The molecule has 1 aromatic rings. The molecule has 4 nitrogen and oxygen atoms in total. The summed E-state index contributed by atoms with van der Waals surface area (Å²) in [5.74, 6) is 0.868. The third-order valence-electron chi connectivity index (χ3n) is 3.46. The van der Waals surface area contributed by atoms with E-state index in [1.54, 1.807) is 14.2 Å². The number of nitrogens with zero attached hydrogens (tertiary/aromatic N) is 1. The highest BCUT2D eigenvalue weighted by atomic mass is 16.5. The van der Waals surface area contributed by atoms with Gasteiger partial charge in [-0.25, -0.2) is 0 Å². The van der Waals surface area contributed by atoms with Gasteiger partial charge < -0.3 is 15.2 Å². The van der Waals surface area contributed by atoms with Crippen molar-refractivity contribution in [2.45, 2.75) is 25.4 Å². The van der Waals surface area contributed by atoms with Gasteiger partial charge >= 0.3 is 0 Å². The Labute approximate surface area is 116 Å². The quantitative estimate of drug-likeness (QED) is 0.782. The molecule has 1 aromatic carbocycles. The van der Waals surface area contributed by atoms with Gasteiger partial charge in [-0.05, 0) is 31.2 Å². The van der Waals surface area contributed by atoms with E-state index in [1.165, 1.54) is 5.56 Å². The average Bonchev–Trinajstić information content (AvgIpc) is 2.45. The van der Waals surface area contributed by atoms with Crippen LogP contribution in [0.5, 0.6) is 5.75 Å². The summed E-state index contributed by atoms with van der Waals surface area (Å²) in [5.41, 5.74) is 7.50. The molecule has 0 aliphatic rings. The molecule has 0 saturated heterocycles. The molecular formula is C15H26N2O2. The number of hydrogen-bond acceptors (Lipinski definition) is 4. The molecule has 0 fully saturated rings. The smallest absolute Gasteiger partial charge is 0.118 e. The largest absolute Gasteiger partial charge is 0.497 e. The number of nitrogens with two attached hydrogens (primary N) is 1. The van der Waals surface area contributed by atoms with E-state index in [0.29, 0.717) is 6.61 Å². The van der Waals surface area contributed by atoms with Crippen molar-refractivity contribution in [1.29, 1.82) is 0 Å². The van der Waals surface area contributed by atoms with Crippen molar-refractivity contribution in [2.75, 3.05) is 34.4 Å². The summed E-state index contributed by atoms with van der Waals surface area (Å²) in [7, 11) is 5.48. The summed E-state index contributed by atoms with van der Waals surface area (Å²) >= 11 is 0. The third kappa shape index (κ3) is 4.49. The van der Waals surface area contributed by atoms with Crippen LogP contribution in [-0.4, -0.2) is 45.4 Å². The van der Waals surface area contributed by atoms with Gasteiger partial charge in [-0.2, -0.15) is 0 Å². The van der Waals surface area contributed by atoms with Gasteiger partial charge in [0, 0.05) is 25.7 Å². The lowest BCUT2D eigenvalue weighted by atomic mass is 9.96.